The van der Waals surface area contributed by atoms with Gasteiger partial charge in [-0.05, 0) is 48.7 Å². The minimum Gasteiger partial charge on any atom is -0.497 e. The fourth-order valence-corrected chi connectivity index (χ4v) is 1.74. The summed E-state index contributed by atoms with van der Waals surface area (Å²) in [5, 5.41) is 7.06. The number of nitrogens with one attached hydrogen (secondary N) is 5. The van der Waals surface area contributed by atoms with Gasteiger partial charge in [-0.2, -0.15) is 0 Å². The Morgan fingerprint density at radius 3 is 2.29 bits per heavy atom. The van der Waals surface area contributed by atoms with Gasteiger partial charge in [-0.3, -0.25) is 10.9 Å². The highest BCUT2D eigenvalue weighted by molar-refractivity contribution is 7.80. The number of rotatable bonds is 5. The van der Waals surface area contributed by atoms with Crippen LogP contribution in [-0.4, -0.2) is 44.5 Å². The van der Waals surface area contributed by atoms with Gasteiger partial charge < -0.3 is 20.3 Å². The van der Waals surface area contributed by atoms with Crippen molar-refractivity contribution in [3.63, 3.8) is 0 Å². The first-order valence-corrected chi connectivity index (χ1v) is 7.37. The van der Waals surface area contributed by atoms with Crippen molar-refractivity contribution < 1.29 is 9.64 Å². The number of hydrogen-bond donors (Lipinski definition) is 5. The summed E-state index contributed by atoms with van der Waals surface area (Å²) in [6, 6.07) is 7.47. The zero-order chi connectivity index (χ0) is 15.7. The number of likely N-dealkylation sites (N-methyl/N-ethyl adjacent to an activating group) is 1. The Hall–Kier alpha value is -1.64. The van der Waals surface area contributed by atoms with Gasteiger partial charge in [0, 0.05) is 5.69 Å². The van der Waals surface area contributed by atoms with Crippen LogP contribution in [-0.2, 0) is 0 Å². The molecule has 0 aliphatic carbocycles. The predicted octanol–water partition coefficient (Wildman–Crippen LogP) is -0.495. The predicted molar refractivity (Wildman–Crippen MR) is 93.8 cm³/mol. The van der Waals surface area contributed by atoms with Crippen molar-refractivity contribution in [1.29, 1.82) is 0 Å². The van der Waals surface area contributed by atoms with Crippen LogP contribution in [0.3, 0.4) is 0 Å². The van der Waals surface area contributed by atoms with E-state index in [1.165, 1.54) is 4.90 Å². The monoisotopic (exact) mass is 328 g/mol. The van der Waals surface area contributed by atoms with Crippen LogP contribution in [0.2, 0.25) is 0 Å². The van der Waals surface area contributed by atoms with Crippen molar-refractivity contribution in [3.05, 3.63) is 24.3 Å². The maximum Gasteiger partial charge on any atom is 0.189 e. The lowest BCUT2D eigenvalue weighted by Gasteiger charge is -2.15. The number of benzene rings is 1. The van der Waals surface area contributed by atoms with Gasteiger partial charge >= 0.3 is 0 Å². The highest BCUT2D eigenvalue weighted by Crippen LogP contribution is 2.14. The molecule has 1 aromatic carbocycles. The second-order valence-electron chi connectivity index (χ2n) is 4.65. The molecule has 6 nitrogen and oxygen atoms in total. The van der Waals surface area contributed by atoms with Crippen molar-refractivity contribution in [3.8, 4) is 5.75 Å². The molecule has 5 N–H and O–H groups in total. The summed E-state index contributed by atoms with van der Waals surface area (Å²) in [4.78, 5) is 1.36. The summed E-state index contributed by atoms with van der Waals surface area (Å²) in [6.45, 7) is 1.78. The van der Waals surface area contributed by atoms with Crippen LogP contribution in [0, 0.1) is 0 Å². The molecule has 8 heteroatoms. The van der Waals surface area contributed by atoms with Gasteiger partial charge in [0.2, 0.25) is 0 Å². The number of methoxy groups -OCH3 is 1. The Labute approximate surface area is 136 Å². The van der Waals surface area contributed by atoms with Crippen LogP contribution in [0.1, 0.15) is 0 Å². The summed E-state index contributed by atoms with van der Waals surface area (Å²) in [6.07, 6.45) is 0. The Kier molecular flexibility index (Phi) is 7.73. The number of anilines is 1. The molecule has 0 saturated heterocycles. The molecule has 1 aromatic rings. The summed E-state index contributed by atoms with van der Waals surface area (Å²) in [5.74, 6) is 0.797. The Morgan fingerprint density at radius 2 is 1.71 bits per heavy atom. The first-order valence-electron chi connectivity index (χ1n) is 6.55. The first kappa shape index (κ1) is 17.4. The van der Waals surface area contributed by atoms with Gasteiger partial charge in [-0.15, -0.1) is 0 Å². The molecule has 0 fully saturated rings. The molecule has 0 radical (unpaired) electrons. The third-order valence-electron chi connectivity index (χ3n) is 2.55. The van der Waals surface area contributed by atoms with Crippen molar-refractivity contribution >= 4 is 40.3 Å². The topological polar surface area (TPSA) is 61.8 Å². The zero-order valence-corrected chi connectivity index (χ0v) is 14.1. The van der Waals surface area contributed by atoms with E-state index in [2.05, 4.69) is 35.6 Å². The van der Waals surface area contributed by atoms with Crippen molar-refractivity contribution in [2.45, 2.75) is 0 Å². The summed E-state index contributed by atoms with van der Waals surface area (Å²) >= 11 is 10.3. The Morgan fingerprint density at radius 1 is 1.10 bits per heavy atom. The molecule has 0 amide bonds. The van der Waals surface area contributed by atoms with Crippen molar-refractivity contribution in [2.24, 2.45) is 0 Å². The molecule has 0 atom stereocenters. The average molecular weight is 328 g/mol. The summed E-state index contributed by atoms with van der Waals surface area (Å²) in [7, 11) is 5.80. The molecule has 0 aliphatic heterocycles. The molecule has 0 bridgehead atoms. The number of hydrogen-bond acceptors (Lipinski definition) is 3. The fourth-order valence-electron chi connectivity index (χ4n) is 1.42. The van der Waals surface area contributed by atoms with Gasteiger partial charge in [0.05, 0.1) is 34.3 Å². The standard InChI is InChI=1S/C13H21N5OS2/c1-18(2)9-8-14-12(20)16-17-13(21)15-10-4-6-11(19-3)7-5-10/h4-7H,8-9H2,1-3H3,(H2,14,16,20)(H2,15,17,21)/p+1. The molecular formula is C13H22N5OS2+. The minimum atomic E-state index is 0.433. The van der Waals surface area contributed by atoms with Crippen LogP contribution in [0.25, 0.3) is 0 Å². The fraction of sp³-hybridized carbons (Fsp3) is 0.385. The maximum atomic E-state index is 5.16. The van der Waals surface area contributed by atoms with E-state index < -0.39 is 0 Å². The van der Waals surface area contributed by atoms with Crippen molar-refractivity contribution in [2.75, 3.05) is 39.6 Å². The van der Waals surface area contributed by atoms with E-state index >= 15 is 0 Å². The van der Waals surface area contributed by atoms with Crippen molar-refractivity contribution in [1.82, 2.24) is 16.2 Å². The normalized spacial score (nSPS) is 9.90. The lowest BCUT2D eigenvalue weighted by molar-refractivity contribution is -0.856. The van der Waals surface area contributed by atoms with E-state index in [0.29, 0.717) is 10.2 Å². The van der Waals surface area contributed by atoms with E-state index in [0.717, 1.165) is 24.5 Å². The van der Waals surface area contributed by atoms with Gasteiger partial charge in [0.1, 0.15) is 5.75 Å². The van der Waals surface area contributed by atoms with E-state index in [4.69, 9.17) is 29.2 Å². The second kappa shape index (κ2) is 9.32. The lowest BCUT2D eigenvalue weighted by Crippen LogP contribution is -3.06. The van der Waals surface area contributed by atoms with E-state index in [-0.39, 0.29) is 0 Å². The van der Waals surface area contributed by atoms with Gasteiger partial charge in [0.25, 0.3) is 0 Å². The number of thiocarbonyl (C=S) groups is 2. The quantitative estimate of drug-likeness (QED) is 0.369. The molecule has 21 heavy (non-hydrogen) atoms. The molecule has 0 spiro atoms. The average Bonchev–Trinajstić information content (AvgIpc) is 2.45. The largest absolute Gasteiger partial charge is 0.497 e. The smallest absolute Gasteiger partial charge is 0.189 e. The molecular weight excluding hydrogens is 306 g/mol. The molecule has 116 valence electrons. The molecule has 0 aromatic heterocycles. The third kappa shape index (κ3) is 7.64. The summed E-state index contributed by atoms with van der Waals surface area (Å²) in [5.41, 5.74) is 6.52. The maximum absolute atomic E-state index is 5.16. The highest BCUT2D eigenvalue weighted by atomic mass is 32.1. The Bertz CT molecular complexity index is 464. The van der Waals surface area contributed by atoms with Gasteiger partial charge in [0.15, 0.2) is 10.2 Å². The molecule has 1 rings (SSSR count). The summed E-state index contributed by atoms with van der Waals surface area (Å²) < 4.78 is 5.09. The number of quaternary nitrogens is 1. The third-order valence-corrected chi connectivity index (χ3v) is 3.00. The van der Waals surface area contributed by atoms with Crippen LogP contribution in [0.15, 0.2) is 24.3 Å². The first-order chi connectivity index (χ1) is 10.0. The van der Waals surface area contributed by atoms with E-state index in [1.54, 1.807) is 7.11 Å². The molecule has 0 unspecified atom stereocenters. The van der Waals surface area contributed by atoms with E-state index in [9.17, 15) is 0 Å². The van der Waals surface area contributed by atoms with E-state index in [1.807, 2.05) is 24.3 Å². The second-order valence-corrected chi connectivity index (χ2v) is 5.46. The zero-order valence-electron chi connectivity index (χ0n) is 12.4. The molecule has 0 saturated carbocycles. The van der Waals surface area contributed by atoms with Gasteiger partial charge in [-0.1, -0.05) is 0 Å². The SMILES string of the molecule is COc1ccc(NC(=S)NNC(=S)NCC[NH+](C)C)cc1. The van der Waals surface area contributed by atoms with Crippen LogP contribution in [0.5, 0.6) is 5.75 Å². The van der Waals surface area contributed by atoms with Crippen LogP contribution < -0.4 is 31.1 Å². The van der Waals surface area contributed by atoms with Gasteiger partial charge in [-0.25, -0.2) is 0 Å². The number of ether oxygens (including phenoxy) is 1. The minimum absolute atomic E-state index is 0.433. The number of hydrazine groups is 1. The highest BCUT2D eigenvalue weighted by Gasteiger charge is 2.00. The lowest BCUT2D eigenvalue weighted by atomic mass is 10.3. The van der Waals surface area contributed by atoms with Crippen LogP contribution in [0.4, 0.5) is 5.69 Å². The molecule has 0 aliphatic rings. The van der Waals surface area contributed by atoms with Crippen LogP contribution >= 0.6 is 24.4 Å². The molecule has 0 heterocycles. The Balaban J connectivity index is 2.25.